The number of anilines is 1. The summed E-state index contributed by atoms with van der Waals surface area (Å²) in [5.41, 5.74) is 14.7. The van der Waals surface area contributed by atoms with Crippen LogP contribution in [0.3, 0.4) is 0 Å². The molecule has 2 aromatic carbocycles. The molecule has 5 aliphatic heterocycles. The predicted molar refractivity (Wildman–Crippen MR) is 211 cm³/mol. The topological polar surface area (TPSA) is 181 Å². The minimum Gasteiger partial charge on any atom is -0.507 e. The number of carbonyl (C=O) groups is 4. The number of nitrogens with one attached hydrogen (secondary N) is 2. The molecule has 6 aliphatic rings. The van der Waals surface area contributed by atoms with E-state index in [1.54, 1.807) is 24.3 Å². The van der Waals surface area contributed by atoms with Crippen LogP contribution in [0.1, 0.15) is 52.0 Å². The summed E-state index contributed by atoms with van der Waals surface area (Å²) in [6.45, 7) is 7.48. The molecular weight excluding hydrogens is 737 g/mol. The number of piperazine rings is 1. The van der Waals surface area contributed by atoms with Crippen LogP contribution in [0.4, 0.5) is 14.5 Å². The van der Waals surface area contributed by atoms with Crippen molar-refractivity contribution in [3.8, 4) is 5.75 Å². The summed E-state index contributed by atoms with van der Waals surface area (Å²) in [7, 11) is 3.52. The molecule has 5 heterocycles. The number of nitrogens with zero attached hydrogens (tertiary/aromatic N) is 5. The van der Waals surface area contributed by atoms with E-state index in [9.17, 15) is 28.7 Å². The maximum atomic E-state index is 15.1. The quantitative estimate of drug-likeness (QED) is 0.174. The highest BCUT2D eigenvalue weighted by molar-refractivity contribution is 6.23. The monoisotopic (exact) mass is 789 g/mol. The number of imide groups is 1. The minimum absolute atomic E-state index is 0.0213. The third kappa shape index (κ3) is 8.42. The van der Waals surface area contributed by atoms with Gasteiger partial charge in [0.25, 0.3) is 11.8 Å². The van der Waals surface area contributed by atoms with E-state index in [0.29, 0.717) is 30.4 Å². The molecule has 0 aromatic heterocycles. The molecule has 4 fully saturated rings. The van der Waals surface area contributed by atoms with E-state index in [1.165, 1.54) is 31.7 Å². The molecule has 5 unspecified atom stereocenters. The van der Waals surface area contributed by atoms with Crippen LogP contribution in [0.2, 0.25) is 0 Å². The second kappa shape index (κ2) is 16.7. The summed E-state index contributed by atoms with van der Waals surface area (Å²) in [6, 6.07) is 7.93. The van der Waals surface area contributed by atoms with Crippen LogP contribution in [0.5, 0.6) is 5.75 Å². The fourth-order valence-electron chi connectivity index (χ4n) is 8.97. The number of benzene rings is 2. The van der Waals surface area contributed by atoms with Crippen LogP contribution in [0.15, 0.2) is 54.0 Å². The van der Waals surface area contributed by atoms with E-state index in [-0.39, 0.29) is 53.4 Å². The number of amides is 3. The van der Waals surface area contributed by atoms with Gasteiger partial charge in [0.05, 0.1) is 22.9 Å². The number of likely N-dealkylation sites (tertiary alicyclic amines) is 1. The van der Waals surface area contributed by atoms with Crippen molar-refractivity contribution in [3.63, 3.8) is 0 Å². The lowest BCUT2D eigenvalue weighted by Gasteiger charge is -2.45. The molecule has 14 nitrogen and oxygen atoms in total. The van der Waals surface area contributed by atoms with Crippen molar-refractivity contribution < 1.29 is 33.1 Å². The van der Waals surface area contributed by atoms with Crippen molar-refractivity contribution in [2.24, 2.45) is 29.2 Å². The average Bonchev–Trinajstić information content (AvgIpc) is 3.73. The number of phenols is 1. The molecule has 7 N–H and O–H groups in total. The molecule has 3 saturated heterocycles. The number of alkyl halides is 1. The van der Waals surface area contributed by atoms with E-state index in [0.717, 1.165) is 74.7 Å². The number of nitrogens with two attached hydrogens (primary N) is 2. The van der Waals surface area contributed by atoms with Crippen molar-refractivity contribution in [3.05, 3.63) is 76.5 Å². The summed E-state index contributed by atoms with van der Waals surface area (Å²) in [5, 5.41) is 15.6. The van der Waals surface area contributed by atoms with Crippen LogP contribution >= 0.6 is 0 Å². The maximum absolute atomic E-state index is 15.1. The number of hydrogen-bond donors (Lipinski definition) is 5. The standard InChI is InChI=1S/C25H31FN4O4.C16H22FN5O/c1-27-23(32)22(3-2-8-31)30-24(33)19-5-4-18(10-20(19)25(30)34)29-7-6-15(21(26)14-29)11-28-12-16-9-17(16)13-28;1-21-4-5-22-11(9-21)8-20-16(19)14(22)7-13(18)12-6-10(17)2-3-15(12)23/h4-5,8,10,15-17,21-22H,2-3,6-7,9,11-14H2,1H3,(H,27,32);2-3,6-7,11,20,23H,4-5,8-9,18-19H2,1H3/b;13-7-/t15-,16?,17?,21?,22?;/m1./s1. The van der Waals surface area contributed by atoms with Gasteiger partial charge in [-0.05, 0) is 80.6 Å². The Hall–Kier alpha value is -5.22. The number of aldehydes is 1. The number of piperidine rings is 2. The first-order chi connectivity index (χ1) is 27.4. The lowest BCUT2D eigenvalue weighted by atomic mass is 9.93. The molecule has 0 bridgehead atoms. The zero-order chi connectivity index (χ0) is 40.5. The minimum atomic E-state index is -1.05. The number of fused-ring (bicyclic) bond motifs is 3. The summed E-state index contributed by atoms with van der Waals surface area (Å²) < 4.78 is 28.5. The zero-order valence-electron chi connectivity index (χ0n) is 32.5. The highest BCUT2D eigenvalue weighted by atomic mass is 19.1. The number of allylic oxidation sites excluding steroid dienone is 1. The van der Waals surface area contributed by atoms with Gasteiger partial charge < -0.3 is 51.6 Å². The third-order valence-electron chi connectivity index (χ3n) is 12.3. The Labute approximate surface area is 331 Å². The molecule has 57 heavy (non-hydrogen) atoms. The fraction of sp³-hybridized carbons (Fsp3) is 0.512. The van der Waals surface area contributed by atoms with Gasteiger partial charge >= 0.3 is 0 Å². The summed E-state index contributed by atoms with van der Waals surface area (Å²) >= 11 is 0. The van der Waals surface area contributed by atoms with Gasteiger partial charge in [0.1, 0.15) is 35.9 Å². The smallest absolute Gasteiger partial charge is 0.262 e. The molecule has 1 aliphatic carbocycles. The Balaban J connectivity index is 0.000000188. The van der Waals surface area contributed by atoms with Gasteiger partial charge in [0.15, 0.2) is 0 Å². The predicted octanol–water partition coefficient (Wildman–Crippen LogP) is 1.67. The molecule has 3 amide bonds. The fourth-order valence-corrected chi connectivity index (χ4v) is 8.97. The zero-order valence-corrected chi connectivity index (χ0v) is 32.5. The van der Waals surface area contributed by atoms with Gasteiger partial charge in [-0.3, -0.25) is 19.3 Å². The Morgan fingerprint density at radius 2 is 1.81 bits per heavy atom. The van der Waals surface area contributed by atoms with Gasteiger partial charge in [-0.15, -0.1) is 0 Å². The Kier molecular flexibility index (Phi) is 11.7. The van der Waals surface area contributed by atoms with Crippen LogP contribution in [0.25, 0.3) is 5.70 Å². The largest absolute Gasteiger partial charge is 0.507 e. The normalized spacial score (nSPS) is 26.6. The lowest BCUT2D eigenvalue weighted by molar-refractivity contribution is -0.124. The van der Waals surface area contributed by atoms with Gasteiger partial charge in [0, 0.05) is 95.2 Å². The number of aromatic hydroxyl groups is 1. The number of carbonyl (C=O) groups excluding carboxylic acids is 4. The first-order valence-electron chi connectivity index (χ1n) is 19.8. The molecule has 0 spiro atoms. The summed E-state index contributed by atoms with van der Waals surface area (Å²) in [6.07, 6.45) is 3.62. The lowest BCUT2D eigenvalue weighted by Crippen LogP contribution is -2.58. The van der Waals surface area contributed by atoms with Gasteiger partial charge in [0.2, 0.25) is 5.91 Å². The second-order valence-corrected chi connectivity index (χ2v) is 16.1. The molecule has 6 atom stereocenters. The SMILES string of the molecule is CN1CCN2C(/C=C(\N)c3cc(F)ccc3O)=C(N)NCC2C1.CNC(=O)C(CCC=O)N1C(=O)c2ccc(N3CC[C@H](CN4CC5CC5C4)C(F)C3)cc2C1=O. The van der Waals surface area contributed by atoms with Crippen molar-refractivity contribution in [2.75, 3.05) is 77.9 Å². The van der Waals surface area contributed by atoms with E-state index in [1.807, 2.05) is 4.90 Å². The summed E-state index contributed by atoms with van der Waals surface area (Å²) in [4.78, 5) is 59.1. The molecular formula is C41H53F2N9O5. The van der Waals surface area contributed by atoms with Crippen LogP contribution in [0, 0.1) is 23.6 Å². The first kappa shape index (κ1) is 40.0. The van der Waals surface area contributed by atoms with Crippen molar-refractivity contribution in [1.29, 1.82) is 0 Å². The van der Waals surface area contributed by atoms with E-state index >= 15 is 4.39 Å². The Morgan fingerprint density at radius 3 is 2.53 bits per heavy atom. The maximum Gasteiger partial charge on any atom is 0.262 e. The third-order valence-corrected chi connectivity index (χ3v) is 12.3. The molecule has 2 aromatic rings. The van der Waals surface area contributed by atoms with Gasteiger partial charge in [-0.1, -0.05) is 0 Å². The van der Waals surface area contributed by atoms with Crippen LogP contribution in [-0.4, -0.2) is 140 Å². The van der Waals surface area contributed by atoms with Gasteiger partial charge in [-0.2, -0.15) is 0 Å². The van der Waals surface area contributed by atoms with E-state index < -0.39 is 35.8 Å². The van der Waals surface area contributed by atoms with Crippen LogP contribution in [-0.2, 0) is 9.59 Å². The van der Waals surface area contributed by atoms with Crippen molar-refractivity contribution in [1.82, 2.24) is 30.2 Å². The highest BCUT2D eigenvalue weighted by Gasteiger charge is 2.46. The number of hydrogen-bond acceptors (Lipinski definition) is 12. The molecule has 1 saturated carbocycles. The molecule has 0 radical (unpaired) electrons. The summed E-state index contributed by atoms with van der Waals surface area (Å²) in [5.74, 6) is 0.147. The second-order valence-electron chi connectivity index (χ2n) is 16.1. The molecule has 16 heteroatoms. The van der Waals surface area contributed by atoms with Crippen molar-refractivity contribution in [2.45, 2.75) is 43.9 Å². The Bertz CT molecular complexity index is 1950. The molecule has 8 rings (SSSR count). The Morgan fingerprint density at radius 1 is 1.05 bits per heavy atom. The number of halogens is 2. The number of likely N-dealkylation sites (N-methyl/N-ethyl adjacent to an activating group) is 2. The van der Waals surface area contributed by atoms with Crippen molar-refractivity contribution >= 4 is 35.4 Å². The van der Waals surface area contributed by atoms with Crippen LogP contribution < -0.4 is 27.0 Å². The average molecular weight is 790 g/mol. The highest BCUT2D eigenvalue weighted by Crippen LogP contribution is 2.45. The van der Waals surface area contributed by atoms with E-state index in [4.69, 9.17) is 11.5 Å². The van der Waals surface area contributed by atoms with Gasteiger partial charge in [-0.25, -0.2) is 8.78 Å². The number of rotatable bonds is 10. The van der Waals surface area contributed by atoms with E-state index in [2.05, 4.69) is 32.4 Å². The number of phenolic OH excluding ortho intramolecular Hbond substituents is 1. The molecule has 306 valence electrons. The first-order valence-corrected chi connectivity index (χ1v) is 19.8.